The second kappa shape index (κ2) is 3.49. The topological polar surface area (TPSA) is 76.2 Å². The Bertz CT molecular complexity index is 304. The lowest BCUT2D eigenvalue weighted by molar-refractivity contribution is 0.957. The fourth-order valence-electron chi connectivity index (χ4n) is 0.985. The minimum absolute atomic E-state index is 0.424. The molecule has 13 heavy (non-hydrogen) atoms. The van der Waals surface area contributed by atoms with E-state index in [1.807, 2.05) is 0 Å². The Morgan fingerprint density at radius 1 is 1.54 bits per heavy atom. The van der Waals surface area contributed by atoms with Crippen LogP contribution < -0.4 is 11.3 Å². The maximum atomic E-state index is 5.33. The summed E-state index contributed by atoms with van der Waals surface area (Å²) in [5, 5.41) is 0. The number of nitrogens with two attached hydrogens (primary N) is 1. The first-order valence-corrected chi connectivity index (χ1v) is 4.21. The first kappa shape index (κ1) is 8.12. The number of hydrogen-bond donors (Lipinski definition) is 2. The first-order chi connectivity index (χ1) is 6.40. The van der Waals surface area contributed by atoms with Crippen molar-refractivity contribution in [1.29, 1.82) is 0 Å². The van der Waals surface area contributed by atoms with Gasteiger partial charge in [-0.05, 0) is 12.8 Å². The molecule has 1 saturated carbocycles. The summed E-state index contributed by atoms with van der Waals surface area (Å²) in [6, 6.07) is 0.424. The van der Waals surface area contributed by atoms with Crippen molar-refractivity contribution in [2.75, 3.05) is 0 Å². The molecule has 0 amide bonds. The summed E-state index contributed by atoms with van der Waals surface area (Å²) in [5.74, 6) is 5.95. The van der Waals surface area contributed by atoms with E-state index in [4.69, 9.17) is 5.84 Å². The number of aliphatic imine (C=N–C) groups is 1. The van der Waals surface area contributed by atoms with Crippen molar-refractivity contribution in [3.05, 3.63) is 24.3 Å². The Morgan fingerprint density at radius 2 is 2.38 bits per heavy atom. The molecule has 68 valence electrons. The van der Waals surface area contributed by atoms with E-state index in [1.165, 1.54) is 0 Å². The van der Waals surface area contributed by atoms with Gasteiger partial charge in [0, 0.05) is 12.4 Å². The van der Waals surface area contributed by atoms with Gasteiger partial charge >= 0.3 is 0 Å². The molecular weight excluding hydrogens is 166 g/mol. The Balaban J connectivity index is 2.21. The standard InChI is InChI=1S/C8H11N5/c9-13-8(12-6-1-2-6)7-5-10-3-4-11-7/h3-6H,1-2,9H2,(H,12,13). The minimum Gasteiger partial charge on any atom is -0.307 e. The van der Waals surface area contributed by atoms with Crippen molar-refractivity contribution in [3.63, 3.8) is 0 Å². The summed E-state index contributed by atoms with van der Waals surface area (Å²) in [5.41, 5.74) is 3.23. The van der Waals surface area contributed by atoms with E-state index in [-0.39, 0.29) is 0 Å². The molecular formula is C8H11N5. The average molecular weight is 177 g/mol. The molecule has 1 aliphatic carbocycles. The van der Waals surface area contributed by atoms with Crippen LogP contribution in [0.5, 0.6) is 0 Å². The first-order valence-electron chi connectivity index (χ1n) is 4.21. The van der Waals surface area contributed by atoms with Gasteiger partial charge in [-0.3, -0.25) is 9.98 Å². The Kier molecular flexibility index (Phi) is 2.18. The lowest BCUT2D eigenvalue weighted by atomic mass is 10.4. The van der Waals surface area contributed by atoms with Crippen LogP contribution in [0.3, 0.4) is 0 Å². The molecule has 0 atom stereocenters. The molecule has 0 spiro atoms. The van der Waals surface area contributed by atoms with E-state index in [9.17, 15) is 0 Å². The minimum atomic E-state index is 0.424. The zero-order chi connectivity index (χ0) is 9.10. The highest BCUT2D eigenvalue weighted by Gasteiger charge is 2.21. The van der Waals surface area contributed by atoms with E-state index < -0.39 is 0 Å². The highest BCUT2D eigenvalue weighted by Crippen LogP contribution is 2.23. The number of amidine groups is 1. The third kappa shape index (κ3) is 2.00. The Morgan fingerprint density at radius 3 is 2.92 bits per heavy atom. The quantitative estimate of drug-likeness (QED) is 0.285. The molecule has 1 fully saturated rings. The van der Waals surface area contributed by atoms with Crippen LogP contribution in [0, 0.1) is 0 Å². The molecule has 0 aromatic carbocycles. The molecule has 0 bridgehead atoms. The van der Waals surface area contributed by atoms with E-state index >= 15 is 0 Å². The zero-order valence-electron chi connectivity index (χ0n) is 7.14. The average Bonchev–Trinajstić information content (AvgIpc) is 2.99. The van der Waals surface area contributed by atoms with Gasteiger partial charge in [0.1, 0.15) is 5.69 Å². The van der Waals surface area contributed by atoms with Crippen LogP contribution in [-0.2, 0) is 0 Å². The molecule has 5 nitrogen and oxygen atoms in total. The van der Waals surface area contributed by atoms with Gasteiger partial charge < -0.3 is 5.43 Å². The van der Waals surface area contributed by atoms with Gasteiger partial charge in [-0.25, -0.2) is 10.8 Å². The molecule has 1 aliphatic rings. The van der Waals surface area contributed by atoms with Crippen LogP contribution in [-0.4, -0.2) is 21.8 Å². The molecule has 0 unspecified atom stereocenters. The van der Waals surface area contributed by atoms with Gasteiger partial charge in [0.15, 0.2) is 5.84 Å². The normalized spacial score (nSPS) is 17.2. The van der Waals surface area contributed by atoms with E-state index in [0.717, 1.165) is 12.8 Å². The van der Waals surface area contributed by atoms with Crippen molar-refractivity contribution in [3.8, 4) is 0 Å². The van der Waals surface area contributed by atoms with E-state index in [2.05, 4.69) is 20.4 Å². The summed E-state index contributed by atoms with van der Waals surface area (Å²) < 4.78 is 0. The monoisotopic (exact) mass is 177 g/mol. The summed E-state index contributed by atoms with van der Waals surface area (Å²) in [7, 11) is 0. The van der Waals surface area contributed by atoms with Crippen LogP contribution >= 0.6 is 0 Å². The third-order valence-electron chi connectivity index (χ3n) is 1.80. The number of nitrogens with one attached hydrogen (secondary N) is 1. The fourth-order valence-corrected chi connectivity index (χ4v) is 0.985. The number of nitrogens with zero attached hydrogens (tertiary/aromatic N) is 3. The maximum absolute atomic E-state index is 5.33. The summed E-state index contributed by atoms with van der Waals surface area (Å²) in [6.45, 7) is 0. The van der Waals surface area contributed by atoms with Gasteiger partial charge in [-0.1, -0.05) is 0 Å². The third-order valence-corrected chi connectivity index (χ3v) is 1.80. The van der Waals surface area contributed by atoms with Crippen LogP contribution in [0.15, 0.2) is 23.6 Å². The molecule has 1 aromatic heterocycles. The predicted octanol–water partition coefficient (Wildman–Crippen LogP) is -0.151. The number of hydrogen-bond acceptors (Lipinski definition) is 4. The predicted molar refractivity (Wildman–Crippen MR) is 48.9 cm³/mol. The molecule has 5 heteroatoms. The number of rotatable bonds is 2. The highest BCUT2D eigenvalue weighted by atomic mass is 15.3. The van der Waals surface area contributed by atoms with E-state index in [1.54, 1.807) is 18.6 Å². The van der Waals surface area contributed by atoms with Gasteiger partial charge in [0.2, 0.25) is 0 Å². The number of aromatic nitrogens is 2. The lowest BCUT2D eigenvalue weighted by Crippen LogP contribution is -2.32. The van der Waals surface area contributed by atoms with Gasteiger partial charge in [0.05, 0.1) is 12.2 Å². The Labute approximate surface area is 76.1 Å². The van der Waals surface area contributed by atoms with E-state index in [0.29, 0.717) is 17.6 Å². The summed E-state index contributed by atoms with van der Waals surface area (Å²) in [6.07, 6.45) is 7.17. The van der Waals surface area contributed by atoms with Crippen molar-refractivity contribution in [2.24, 2.45) is 10.8 Å². The van der Waals surface area contributed by atoms with Gasteiger partial charge in [0.25, 0.3) is 0 Å². The molecule has 0 saturated heterocycles. The second-order valence-electron chi connectivity index (χ2n) is 2.94. The van der Waals surface area contributed by atoms with Gasteiger partial charge in [-0.15, -0.1) is 0 Å². The second-order valence-corrected chi connectivity index (χ2v) is 2.94. The smallest absolute Gasteiger partial charge is 0.163 e. The summed E-state index contributed by atoms with van der Waals surface area (Å²) in [4.78, 5) is 12.4. The molecule has 1 heterocycles. The molecule has 0 radical (unpaired) electrons. The molecule has 1 aromatic rings. The maximum Gasteiger partial charge on any atom is 0.163 e. The SMILES string of the molecule is NNC(=NC1CC1)c1cnccn1. The largest absolute Gasteiger partial charge is 0.307 e. The van der Waals surface area contributed by atoms with Crippen LogP contribution in [0.4, 0.5) is 0 Å². The van der Waals surface area contributed by atoms with Crippen molar-refractivity contribution in [2.45, 2.75) is 18.9 Å². The number of hydrazine groups is 1. The highest BCUT2D eigenvalue weighted by molar-refractivity contribution is 5.96. The molecule has 0 aliphatic heterocycles. The van der Waals surface area contributed by atoms with Crippen molar-refractivity contribution < 1.29 is 0 Å². The lowest BCUT2D eigenvalue weighted by Gasteiger charge is -2.02. The fraction of sp³-hybridized carbons (Fsp3) is 0.375. The Hall–Kier alpha value is -1.49. The summed E-state index contributed by atoms with van der Waals surface area (Å²) >= 11 is 0. The van der Waals surface area contributed by atoms with Crippen molar-refractivity contribution in [1.82, 2.24) is 15.4 Å². The molecule has 2 rings (SSSR count). The van der Waals surface area contributed by atoms with Crippen LogP contribution in [0.1, 0.15) is 18.5 Å². The molecule has 3 N–H and O–H groups in total. The van der Waals surface area contributed by atoms with Crippen LogP contribution in [0.2, 0.25) is 0 Å². The van der Waals surface area contributed by atoms with Crippen LogP contribution in [0.25, 0.3) is 0 Å². The zero-order valence-corrected chi connectivity index (χ0v) is 7.14. The van der Waals surface area contributed by atoms with Crippen molar-refractivity contribution >= 4 is 5.84 Å². The van der Waals surface area contributed by atoms with Gasteiger partial charge in [-0.2, -0.15) is 0 Å².